The lowest BCUT2D eigenvalue weighted by Crippen LogP contribution is -2.34. The van der Waals surface area contributed by atoms with Crippen molar-refractivity contribution < 1.29 is 4.52 Å². The second-order valence-corrected chi connectivity index (χ2v) is 4.76. The lowest BCUT2D eigenvalue weighted by atomic mass is 9.91. The molecule has 3 nitrogen and oxygen atoms in total. The summed E-state index contributed by atoms with van der Waals surface area (Å²) in [5.41, 5.74) is 1.32. The van der Waals surface area contributed by atoms with Crippen molar-refractivity contribution >= 4 is 0 Å². The monoisotopic (exact) mass is 206 g/mol. The van der Waals surface area contributed by atoms with E-state index in [1.54, 1.807) is 0 Å². The maximum Gasteiger partial charge on any atom is 0.157 e. The van der Waals surface area contributed by atoms with Gasteiger partial charge in [0.2, 0.25) is 0 Å². The quantitative estimate of drug-likeness (QED) is 0.743. The van der Waals surface area contributed by atoms with Crippen LogP contribution in [0.25, 0.3) is 0 Å². The highest BCUT2D eigenvalue weighted by atomic mass is 16.5. The smallest absolute Gasteiger partial charge is 0.157 e. The standard InChI is InChI=1S/C12H18N2O/c1-2-10-9-11(15-13-10)12-5-3-7-14(12)8-4-6-12/h9H,2-8H2,1H3. The molecule has 3 heterocycles. The Morgan fingerprint density at radius 1 is 1.40 bits per heavy atom. The minimum absolute atomic E-state index is 0.223. The summed E-state index contributed by atoms with van der Waals surface area (Å²) in [5, 5.41) is 4.13. The molecular formula is C12H18N2O. The zero-order valence-corrected chi connectivity index (χ0v) is 9.33. The van der Waals surface area contributed by atoms with Gasteiger partial charge in [-0.1, -0.05) is 12.1 Å². The van der Waals surface area contributed by atoms with Crippen molar-refractivity contribution in [2.75, 3.05) is 13.1 Å². The lowest BCUT2D eigenvalue weighted by Gasteiger charge is -2.28. The first-order valence-corrected chi connectivity index (χ1v) is 6.06. The van der Waals surface area contributed by atoms with E-state index in [1.807, 2.05) is 0 Å². The van der Waals surface area contributed by atoms with Crippen LogP contribution >= 0.6 is 0 Å². The number of aromatic nitrogens is 1. The van der Waals surface area contributed by atoms with E-state index in [0.29, 0.717) is 0 Å². The fourth-order valence-corrected chi connectivity index (χ4v) is 3.21. The van der Waals surface area contributed by atoms with Crippen LogP contribution in [0.1, 0.15) is 44.1 Å². The van der Waals surface area contributed by atoms with E-state index in [-0.39, 0.29) is 5.54 Å². The van der Waals surface area contributed by atoms with E-state index in [9.17, 15) is 0 Å². The molecule has 15 heavy (non-hydrogen) atoms. The normalized spacial score (nSPS) is 24.6. The molecule has 0 unspecified atom stereocenters. The molecule has 2 fully saturated rings. The van der Waals surface area contributed by atoms with Gasteiger partial charge in [-0.2, -0.15) is 0 Å². The van der Waals surface area contributed by atoms with E-state index in [2.05, 4.69) is 23.0 Å². The summed E-state index contributed by atoms with van der Waals surface area (Å²) in [6, 6.07) is 2.17. The fourth-order valence-electron chi connectivity index (χ4n) is 3.21. The molecule has 0 radical (unpaired) electrons. The van der Waals surface area contributed by atoms with Crippen LogP contribution < -0.4 is 0 Å². The van der Waals surface area contributed by atoms with Gasteiger partial charge < -0.3 is 4.52 Å². The highest BCUT2D eigenvalue weighted by molar-refractivity contribution is 5.19. The fraction of sp³-hybridized carbons (Fsp3) is 0.750. The third-order valence-electron chi connectivity index (χ3n) is 4.02. The van der Waals surface area contributed by atoms with Gasteiger partial charge in [0.15, 0.2) is 5.76 Å². The van der Waals surface area contributed by atoms with Crippen LogP contribution in [0, 0.1) is 0 Å². The molecule has 0 amide bonds. The van der Waals surface area contributed by atoms with Crippen LogP contribution in [0.4, 0.5) is 0 Å². The average Bonchev–Trinajstić information content (AvgIpc) is 2.91. The van der Waals surface area contributed by atoms with Crippen LogP contribution in [0.5, 0.6) is 0 Å². The summed E-state index contributed by atoms with van der Waals surface area (Å²) in [6.07, 6.45) is 6.10. The summed E-state index contributed by atoms with van der Waals surface area (Å²) < 4.78 is 5.55. The summed E-state index contributed by atoms with van der Waals surface area (Å²) in [4.78, 5) is 2.59. The van der Waals surface area contributed by atoms with Crippen LogP contribution in [0.3, 0.4) is 0 Å². The maximum absolute atomic E-state index is 5.55. The summed E-state index contributed by atoms with van der Waals surface area (Å²) >= 11 is 0. The first kappa shape index (κ1) is 9.40. The second kappa shape index (κ2) is 3.34. The summed E-state index contributed by atoms with van der Waals surface area (Å²) in [7, 11) is 0. The minimum atomic E-state index is 0.223. The number of aryl methyl sites for hydroxylation is 1. The van der Waals surface area contributed by atoms with E-state index in [1.165, 1.54) is 38.8 Å². The molecule has 2 aliphatic rings. The highest BCUT2D eigenvalue weighted by Crippen LogP contribution is 2.46. The minimum Gasteiger partial charge on any atom is -0.359 e. The van der Waals surface area contributed by atoms with Gasteiger partial charge in [-0.25, -0.2) is 0 Å². The van der Waals surface area contributed by atoms with Crippen molar-refractivity contribution in [3.63, 3.8) is 0 Å². The molecule has 0 atom stereocenters. The Morgan fingerprint density at radius 2 is 2.13 bits per heavy atom. The second-order valence-electron chi connectivity index (χ2n) is 4.76. The van der Waals surface area contributed by atoms with E-state index >= 15 is 0 Å². The molecule has 1 aromatic heterocycles. The van der Waals surface area contributed by atoms with Crippen LogP contribution in [-0.2, 0) is 12.0 Å². The van der Waals surface area contributed by atoms with Crippen molar-refractivity contribution in [1.82, 2.24) is 10.1 Å². The Labute approximate surface area is 90.4 Å². The number of hydrogen-bond acceptors (Lipinski definition) is 3. The third kappa shape index (κ3) is 1.26. The van der Waals surface area contributed by atoms with Crippen molar-refractivity contribution in [3.8, 4) is 0 Å². The van der Waals surface area contributed by atoms with Gasteiger partial charge in [0.1, 0.15) is 0 Å². The van der Waals surface area contributed by atoms with Gasteiger partial charge in [-0.05, 0) is 45.2 Å². The number of hydrogen-bond donors (Lipinski definition) is 0. The molecule has 3 heteroatoms. The predicted octanol–water partition coefficient (Wildman–Crippen LogP) is 2.32. The van der Waals surface area contributed by atoms with Gasteiger partial charge >= 0.3 is 0 Å². The number of rotatable bonds is 2. The maximum atomic E-state index is 5.55. The van der Waals surface area contributed by atoms with Crippen LogP contribution in [-0.4, -0.2) is 23.1 Å². The first-order valence-electron chi connectivity index (χ1n) is 6.06. The Kier molecular flexibility index (Phi) is 2.09. The molecule has 2 aliphatic heterocycles. The molecule has 0 saturated carbocycles. The molecular weight excluding hydrogens is 188 g/mol. The molecule has 82 valence electrons. The van der Waals surface area contributed by atoms with Crippen molar-refractivity contribution in [2.45, 2.75) is 44.6 Å². The van der Waals surface area contributed by atoms with Crippen LogP contribution in [0.2, 0.25) is 0 Å². The number of nitrogens with zero attached hydrogens (tertiary/aromatic N) is 2. The van der Waals surface area contributed by atoms with Crippen molar-refractivity contribution in [2.24, 2.45) is 0 Å². The van der Waals surface area contributed by atoms with E-state index in [4.69, 9.17) is 4.52 Å². The van der Waals surface area contributed by atoms with Gasteiger partial charge in [-0.3, -0.25) is 4.90 Å². The highest BCUT2D eigenvalue weighted by Gasteiger charge is 2.48. The Hall–Kier alpha value is -0.830. The molecule has 3 rings (SSSR count). The van der Waals surface area contributed by atoms with Gasteiger partial charge in [-0.15, -0.1) is 0 Å². The summed E-state index contributed by atoms with van der Waals surface area (Å²) in [6.45, 7) is 4.60. The van der Waals surface area contributed by atoms with E-state index < -0.39 is 0 Å². The van der Waals surface area contributed by atoms with Crippen LogP contribution in [0.15, 0.2) is 10.6 Å². The molecule has 0 bridgehead atoms. The Balaban J connectivity index is 1.97. The molecule has 0 aromatic carbocycles. The number of fused-ring (bicyclic) bond motifs is 1. The Morgan fingerprint density at radius 3 is 2.73 bits per heavy atom. The lowest BCUT2D eigenvalue weighted by molar-refractivity contribution is 0.150. The van der Waals surface area contributed by atoms with Gasteiger partial charge in [0, 0.05) is 6.07 Å². The van der Waals surface area contributed by atoms with Gasteiger partial charge in [0.05, 0.1) is 11.2 Å². The van der Waals surface area contributed by atoms with Crippen molar-refractivity contribution in [3.05, 3.63) is 17.5 Å². The zero-order chi connectivity index (χ0) is 10.3. The first-order chi connectivity index (χ1) is 7.35. The third-order valence-corrected chi connectivity index (χ3v) is 4.02. The van der Waals surface area contributed by atoms with Gasteiger partial charge in [0.25, 0.3) is 0 Å². The molecule has 0 aliphatic carbocycles. The molecule has 0 N–H and O–H groups in total. The topological polar surface area (TPSA) is 29.3 Å². The Bertz CT molecular complexity index is 348. The SMILES string of the molecule is CCc1cc(C23CCCN2CCC3)on1. The summed E-state index contributed by atoms with van der Waals surface area (Å²) in [5.74, 6) is 1.12. The van der Waals surface area contributed by atoms with Crippen molar-refractivity contribution in [1.29, 1.82) is 0 Å². The molecule has 2 saturated heterocycles. The average molecular weight is 206 g/mol. The largest absolute Gasteiger partial charge is 0.359 e. The zero-order valence-electron chi connectivity index (χ0n) is 9.33. The molecule has 1 aromatic rings. The predicted molar refractivity (Wildman–Crippen MR) is 57.6 cm³/mol. The van der Waals surface area contributed by atoms with E-state index in [0.717, 1.165) is 17.9 Å². The molecule has 0 spiro atoms.